The standard InChI is InChI=1S/C16H19ClN6O2/c1-2-25-15-11-5-6-18-14(11)21-16(22-15)20-12-8-19-23(13(12)17)9-3-4-10(24)7-9/h5-6,8-10,24H,2-4,7H2,1H3,(H2,18,20,21,22). The van der Waals surface area contributed by atoms with Crippen LogP contribution in [-0.2, 0) is 0 Å². The van der Waals surface area contributed by atoms with Crippen molar-refractivity contribution in [2.24, 2.45) is 0 Å². The first-order chi connectivity index (χ1) is 12.2. The van der Waals surface area contributed by atoms with Crippen molar-refractivity contribution in [3.8, 4) is 5.88 Å². The lowest BCUT2D eigenvalue weighted by atomic mass is 10.2. The number of aromatic nitrogens is 5. The summed E-state index contributed by atoms with van der Waals surface area (Å²) < 4.78 is 7.34. The van der Waals surface area contributed by atoms with Crippen LogP contribution in [0.15, 0.2) is 18.5 Å². The molecule has 3 heterocycles. The van der Waals surface area contributed by atoms with Crippen LogP contribution in [0, 0.1) is 0 Å². The fourth-order valence-corrected chi connectivity index (χ4v) is 3.46. The molecule has 2 unspecified atom stereocenters. The number of rotatable bonds is 5. The van der Waals surface area contributed by atoms with Crippen LogP contribution in [0.5, 0.6) is 5.88 Å². The van der Waals surface area contributed by atoms with Gasteiger partial charge in [-0.05, 0) is 32.3 Å². The maximum Gasteiger partial charge on any atom is 0.232 e. The first-order valence-electron chi connectivity index (χ1n) is 8.31. The minimum atomic E-state index is -0.283. The van der Waals surface area contributed by atoms with Crippen molar-refractivity contribution < 1.29 is 9.84 Å². The quantitative estimate of drug-likeness (QED) is 0.645. The largest absolute Gasteiger partial charge is 0.477 e. The maximum atomic E-state index is 9.72. The van der Waals surface area contributed by atoms with Gasteiger partial charge in [0.25, 0.3) is 0 Å². The lowest BCUT2D eigenvalue weighted by Gasteiger charge is -2.12. The monoisotopic (exact) mass is 362 g/mol. The summed E-state index contributed by atoms with van der Waals surface area (Å²) >= 11 is 6.46. The van der Waals surface area contributed by atoms with Gasteiger partial charge in [0.05, 0.1) is 36.0 Å². The van der Waals surface area contributed by atoms with E-state index in [0.29, 0.717) is 41.3 Å². The number of H-pyrrole nitrogens is 1. The third kappa shape index (κ3) is 3.03. The maximum absolute atomic E-state index is 9.72. The van der Waals surface area contributed by atoms with Gasteiger partial charge in [0.1, 0.15) is 5.65 Å². The third-order valence-electron chi connectivity index (χ3n) is 4.37. The average molecular weight is 363 g/mol. The lowest BCUT2D eigenvalue weighted by Crippen LogP contribution is -2.09. The highest BCUT2D eigenvalue weighted by Crippen LogP contribution is 2.35. The third-order valence-corrected chi connectivity index (χ3v) is 4.74. The Labute approximate surface area is 149 Å². The number of fused-ring (bicyclic) bond motifs is 1. The Morgan fingerprint density at radius 2 is 2.32 bits per heavy atom. The highest BCUT2D eigenvalue weighted by Gasteiger charge is 2.27. The number of aromatic amines is 1. The minimum Gasteiger partial charge on any atom is -0.477 e. The Morgan fingerprint density at radius 3 is 3.08 bits per heavy atom. The summed E-state index contributed by atoms with van der Waals surface area (Å²) in [5.41, 5.74) is 1.31. The molecule has 1 saturated carbocycles. The first-order valence-corrected chi connectivity index (χ1v) is 8.69. The van der Waals surface area contributed by atoms with Crippen LogP contribution < -0.4 is 10.1 Å². The van der Waals surface area contributed by atoms with Crippen molar-refractivity contribution >= 4 is 34.3 Å². The second kappa shape index (κ2) is 6.53. The highest BCUT2D eigenvalue weighted by molar-refractivity contribution is 6.32. The molecule has 25 heavy (non-hydrogen) atoms. The van der Waals surface area contributed by atoms with E-state index in [1.54, 1.807) is 17.1 Å². The van der Waals surface area contributed by atoms with Crippen molar-refractivity contribution in [1.29, 1.82) is 0 Å². The summed E-state index contributed by atoms with van der Waals surface area (Å²) in [6.45, 7) is 2.42. The number of aliphatic hydroxyl groups excluding tert-OH is 1. The van der Waals surface area contributed by atoms with Gasteiger partial charge in [0, 0.05) is 6.20 Å². The summed E-state index contributed by atoms with van der Waals surface area (Å²) in [6.07, 6.45) is 5.46. The molecule has 132 valence electrons. The van der Waals surface area contributed by atoms with Gasteiger partial charge in [-0.1, -0.05) is 11.6 Å². The van der Waals surface area contributed by atoms with Gasteiger partial charge in [0.2, 0.25) is 11.8 Å². The molecular formula is C16H19ClN6O2. The fourth-order valence-electron chi connectivity index (χ4n) is 3.18. The number of anilines is 2. The van der Waals surface area contributed by atoms with Crippen LogP contribution >= 0.6 is 11.6 Å². The van der Waals surface area contributed by atoms with E-state index in [0.717, 1.165) is 18.2 Å². The summed E-state index contributed by atoms with van der Waals surface area (Å²) in [6, 6.07) is 1.99. The normalized spacial score (nSPS) is 20.3. The van der Waals surface area contributed by atoms with Crippen LogP contribution in [0.25, 0.3) is 11.0 Å². The minimum absolute atomic E-state index is 0.115. The Kier molecular flexibility index (Phi) is 4.22. The molecule has 0 aromatic carbocycles. The Bertz CT molecular complexity index is 892. The number of aliphatic hydroxyl groups is 1. The topological polar surface area (TPSA) is 101 Å². The van der Waals surface area contributed by atoms with Crippen LogP contribution in [0.4, 0.5) is 11.6 Å². The van der Waals surface area contributed by atoms with Crippen molar-refractivity contribution in [2.75, 3.05) is 11.9 Å². The summed E-state index contributed by atoms with van der Waals surface area (Å²) in [7, 11) is 0. The van der Waals surface area contributed by atoms with E-state index >= 15 is 0 Å². The molecular weight excluding hydrogens is 344 g/mol. The molecule has 0 amide bonds. The molecule has 0 bridgehead atoms. The molecule has 1 aliphatic rings. The Morgan fingerprint density at radius 1 is 1.44 bits per heavy atom. The predicted octanol–water partition coefficient (Wildman–Crippen LogP) is 3.04. The van der Waals surface area contributed by atoms with Gasteiger partial charge in [-0.15, -0.1) is 0 Å². The van der Waals surface area contributed by atoms with Crippen molar-refractivity contribution in [3.05, 3.63) is 23.6 Å². The zero-order valence-corrected chi connectivity index (χ0v) is 14.5. The van der Waals surface area contributed by atoms with E-state index in [-0.39, 0.29) is 12.1 Å². The van der Waals surface area contributed by atoms with Crippen LogP contribution in [-0.4, -0.2) is 42.5 Å². The lowest BCUT2D eigenvalue weighted by molar-refractivity contribution is 0.177. The van der Waals surface area contributed by atoms with E-state index in [4.69, 9.17) is 16.3 Å². The molecule has 3 aromatic heterocycles. The number of hydrogen-bond acceptors (Lipinski definition) is 6. The first kappa shape index (κ1) is 16.2. The molecule has 3 aromatic rings. The second-order valence-electron chi connectivity index (χ2n) is 6.06. The molecule has 0 spiro atoms. The van der Waals surface area contributed by atoms with Crippen molar-refractivity contribution in [3.63, 3.8) is 0 Å². The van der Waals surface area contributed by atoms with Crippen LogP contribution in [0.3, 0.4) is 0 Å². The zero-order chi connectivity index (χ0) is 17.4. The molecule has 2 atom stereocenters. The summed E-state index contributed by atoms with van der Waals surface area (Å²) in [5, 5.41) is 18.5. The van der Waals surface area contributed by atoms with Crippen molar-refractivity contribution in [2.45, 2.75) is 38.3 Å². The molecule has 0 radical (unpaired) electrons. The van der Waals surface area contributed by atoms with E-state index in [1.165, 1.54) is 0 Å². The van der Waals surface area contributed by atoms with E-state index < -0.39 is 0 Å². The molecule has 1 fully saturated rings. The summed E-state index contributed by atoms with van der Waals surface area (Å²) in [5.74, 6) is 0.894. The highest BCUT2D eigenvalue weighted by atomic mass is 35.5. The van der Waals surface area contributed by atoms with Crippen molar-refractivity contribution in [1.82, 2.24) is 24.7 Å². The number of halogens is 1. The Balaban J connectivity index is 1.62. The van der Waals surface area contributed by atoms with Crippen LogP contribution in [0.2, 0.25) is 5.15 Å². The van der Waals surface area contributed by atoms with E-state index in [1.807, 2.05) is 13.0 Å². The molecule has 0 aliphatic heterocycles. The van der Waals surface area contributed by atoms with Gasteiger partial charge >= 0.3 is 0 Å². The second-order valence-corrected chi connectivity index (χ2v) is 6.42. The number of ether oxygens (including phenoxy) is 1. The molecule has 9 heteroatoms. The number of nitrogens with one attached hydrogen (secondary N) is 2. The van der Waals surface area contributed by atoms with E-state index in [9.17, 15) is 5.11 Å². The smallest absolute Gasteiger partial charge is 0.232 e. The molecule has 3 N–H and O–H groups in total. The zero-order valence-electron chi connectivity index (χ0n) is 13.7. The predicted molar refractivity (Wildman–Crippen MR) is 94.5 cm³/mol. The molecule has 4 rings (SSSR count). The van der Waals surface area contributed by atoms with Gasteiger partial charge < -0.3 is 20.1 Å². The number of hydrogen-bond donors (Lipinski definition) is 3. The van der Waals surface area contributed by atoms with Gasteiger partial charge in [0.15, 0.2) is 5.15 Å². The van der Waals surface area contributed by atoms with Crippen LogP contribution in [0.1, 0.15) is 32.2 Å². The average Bonchev–Trinajstić information content (AvgIpc) is 3.29. The van der Waals surface area contributed by atoms with Gasteiger partial charge in [-0.2, -0.15) is 15.1 Å². The van der Waals surface area contributed by atoms with Gasteiger partial charge in [-0.3, -0.25) is 0 Å². The van der Waals surface area contributed by atoms with Gasteiger partial charge in [-0.25, -0.2) is 4.68 Å². The molecule has 1 aliphatic carbocycles. The molecule has 0 saturated heterocycles. The fraction of sp³-hybridized carbons (Fsp3) is 0.438. The molecule has 8 nitrogen and oxygen atoms in total. The Hall–Kier alpha value is -2.32. The van der Waals surface area contributed by atoms with E-state index in [2.05, 4.69) is 25.4 Å². The number of nitrogens with zero attached hydrogens (tertiary/aromatic N) is 4. The SMILES string of the molecule is CCOc1nc(Nc2cnn(C3CCC(O)C3)c2Cl)nc2[nH]ccc12. The summed E-state index contributed by atoms with van der Waals surface area (Å²) in [4.78, 5) is 11.9.